The van der Waals surface area contributed by atoms with E-state index in [0.717, 1.165) is 12.8 Å². The van der Waals surface area contributed by atoms with Crippen molar-refractivity contribution in [1.82, 2.24) is 0 Å². The van der Waals surface area contributed by atoms with Gasteiger partial charge in [-0.1, -0.05) is 30.3 Å². The van der Waals surface area contributed by atoms with E-state index < -0.39 is 17.5 Å². The van der Waals surface area contributed by atoms with E-state index in [0.29, 0.717) is 6.42 Å². The molecule has 4 nitrogen and oxygen atoms in total. The largest absolute Gasteiger partial charge is 0.455 e. The van der Waals surface area contributed by atoms with E-state index in [9.17, 15) is 9.90 Å². The number of carbonyl (C=O) groups is 1. The first-order valence-electron chi connectivity index (χ1n) is 7.30. The molecule has 0 fully saturated rings. The monoisotopic (exact) mass is 291 g/mol. The molecule has 0 saturated heterocycles. The average Bonchev–Trinajstić information content (AvgIpc) is 2.42. The molecule has 0 radical (unpaired) electrons. The van der Waals surface area contributed by atoms with Crippen LogP contribution in [0.1, 0.15) is 39.2 Å². The molecule has 0 saturated carbocycles. The van der Waals surface area contributed by atoms with Gasteiger partial charge in [0.25, 0.3) is 0 Å². The Hall–Kier alpha value is -1.68. The first-order valence-corrected chi connectivity index (χ1v) is 7.30. The fourth-order valence-electron chi connectivity index (χ4n) is 2.02. The van der Waals surface area contributed by atoms with E-state index >= 15 is 0 Å². The number of nitrogens with one attached hydrogen (secondary N) is 1. The topological polar surface area (TPSA) is 70.4 Å². The molecule has 4 heteroatoms. The lowest BCUT2D eigenvalue weighted by Gasteiger charge is -2.22. The minimum Gasteiger partial charge on any atom is -0.455 e. The number of aryl methyl sites for hydroxylation is 1. The summed E-state index contributed by atoms with van der Waals surface area (Å²) in [5, 5.41) is 17.3. The van der Waals surface area contributed by atoms with E-state index in [1.54, 1.807) is 20.8 Å². The molecular formula is C17H25NO3. The Balaban J connectivity index is 2.47. The molecule has 0 aromatic heterocycles. The fourth-order valence-corrected chi connectivity index (χ4v) is 2.02. The molecule has 1 atom stereocenters. The predicted molar refractivity (Wildman–Crippen MR) is 83.5 cm³/mol. The van der Waals surface area contributed by atoms with E-state index in [4.69, 9.17) is 10.1 Å². The number of carbonyl (C=O) groups excluding carboxylic acids is 1. The van der Waals surface area contributed by atoms with Crippen molar-refractivity contribution in [3.8, 4) is 0 Å². The third kappa shape index (κ3) is 6.54. The third-order valence-corrected chi connectivity index (χ3v) is 3.11. The molecule has 0 amide bonds. The number of benzene rings is 1. The number of hydrogen-bond acceptors (Lipinski definition) is 4. The molecule has 21 heavy (non-hydrogen) atoms. The first kappa shape index (κ1) is 17.4. The molecule has 1 unspecified atom stereocenters. The fraction of sp³-hybridized carbons (Fsp3) is 0.529. The summed E-state index contributed by atoms with van der Waals surface area (Å²) in [6, 6.07) is 10.0. The number of esters is 1. The van der Waals surface area contributed by atoms with E-state index in [1.165, 1.54) is 5.56 Å². The molecule has 0 aliphatic carbocycles. The van der Waals surface area contributed by atoms with Crippen LogP contribution in [0, 0.1) is 11.3 Å². The summed E-state index contributed by atoms with van der Waals surface area (Å²) < 4.78 is 5.17. The van der Waals surface area contributed by atoms with Crippen LogP contribution in [0.3, 0.4) is 0 Å². The quantitative estimate of drug-likeness (QED) is 0.599. The normalized spacial score (nSPS) is 12.8. The number of hydrogen-bond donors (Lipinski definition) is 2. The Morgan fingerprint density at radius 2 is 1.90 bits per heavy atom. The maximum atomic E-state index is 11.8. The number of ether oxygens (including phenoxy) is 1. The zero-order valence-corrected chi connectivity index (χ0v) is 13.1. The molecule has 1 aromatic rings. The first-order chi connectivity index (χ1) is 9.83. The van der Waals surface area contributed by atoms with Crippen molar-refractivity contribution in [3.05, 3.63) is 35.9 Å². The van der Waals surface area contributed by atoms with Crippen molar-refractivity contribution < 1.29 is 14.6 Å². The lowest BCUT2D eigenvalue weighted by atomic mass is 9.95. The standard InChI is InChI=1S/C17H25NO3/c1-17(2,3)21-16(20)15(18)14(12-19)11-7-10-13-8-5-4-6-9-13/h4-6,8-9,14,18-19H,7,10-12H2,1-3H3. The number of rotatable bonds is 7. The summed E-state index contributed by atoms with van der Waals surface area (Å²) in [5.41, 5.74) is 0.464. The number of aliphatic hydroxyl groups is 1. The molecule has 0 spiro atoms. The van der Waals surface area contributed by atoms with Gasteiger partial charge in [-0.3, -0.25) is 5.41 Å². The van der Waals surface area contributed by atoms with Crippen LogP contribution in [-0.2, 0) is 16.0 Å². The van der Waals surface area contributed by atoms with Crippen molar-refractivity contribution in [2.45, 2.75) is 45.6 Å². The molecule has 2 N–H and O–H groups in total. The zero-order valence-electron chi connectivity index (χ0n) is 13.1. The lowest BCUT2D eigenvalue weighted by Crippen LogP contribution is -2.33. The van der Waals surface area contributed by atoms with Crippen LogP contribution in [0.4, 0.5) is 0 Å². The van der Waals surface area contributed by atoms with Crippen LogP contribution < -0.4 is 0 Å². The number of aliphatic hydroxyl groups excluding tert-OH is 1. The van der Waals surface area contributed by atoms with Gasteiger partial charge in [0.1, 0.15) is 11.3 Å². The highest BCUT2D eigenvalue weighted by atomic mass is 16.6. The van der Waals surface area contributed by atoms with Gasteiger partial charge in [-0.15, -0.1) is 0 Å². The van der Waals surface area contributed by atoms with Crippen LogP contribution in [0.25, 0.3) is 0 Å². The molecule has 0 aliphatic heterocycles. The average molecular weight is 291 g/mol. The van der Waals surface area contributed by atoms with Crippen molar-refractivity contribution in [3.63, 3.8) is 0 Å². The Kier molecular flexibility index (Phi) is 6.56. The van der Waals surface area contributed by atoms with Gasteiger partial charge < -0.3 is 9.84 Å². The molecule has 1 rings (SSSR count). The van der Waals surface area contributed by atoms with Crippen molar-refractivity contribution in [2.24, 2.45) is 5.92 Å². The lowest BCUT2D eigenvalue weighted by molar-refractivity contribution is -0.146. The highest BCUT2D eigenvalue weighted by Crippen LogP contribution is 2.15. The highest BCUT2D eigenvalue weighted by molar-refractivity contribution is 6.36. The summed E-state index contributed by atoms with van der Waals surface area (Å²) in [6.45, 7) is 5.09. The maximum absolute atomic E-state index is 11.8. The van der Waals surface area contributed by atoms with Crippen molar-refractivity contribution in [2.75, 3.05) is 6.61 Å². The van der Waals surface area contributed by atoms with Crippen molar-refractivity contribution in [1.29, 1.82) is 5.41 Å². The molecule has 0 heterocycles. The van der Waals surface area contributed by atoms with Gasteiger partial charge in [-0.2, -0.15) is 0 Å². The second-order valence-corrected chi connectivity index (χ2v) is 6.17. The van der Waals surface area contributed by atoms with E-state index in [-0.39, 0.29) is 12.3 Å². The van der Waals surface area contributed by atoms with Gasteiger partial charge in [-0.25, -0.2) is 4.79 Å². The zero-order chi connectivity index (χ0) is 15.9. The summed E-state index contributed by atoms with van der Waals surface area (Å²) in [5.74, 6) is -1.09. The molecular weight excluding hydrogens is 266 g/mol. The van der Waals surface area contributed by atoms with Crippen LogP contribution >= 0.6 is 0 Å². The van der Waals surface area contributed by atoms with Crippen LogP contribution in [-0.4, -0.2) is 29.0 Å². The third-order valence-electron chi connectivity index (χ3n) is 3.11. The summed E-state index contributed by atoms with van der Waals surface area (Å²) >= 11 is 0. The van der Waals surface area contributed by atoms with Gasteiger partial charge in [0.05, 0.1) is 6.61 Å². The van der Waals surface area contributed by atoms with Crippen molar-refractivity contribution >= 4 is 11.7 Å². The minimum absolute atomic E-state index is 0.138. The van der Waals surface area contributed by atoms with E-state index in [2.05, 4.69) is 0 Å². The summed E-state index contributed by atoms with van der Waals surface area (Å²) in [6.07, 6.45) is 2.29. The molecule has 0 aliphatic rings. The molecule has 1 aromatic carbocycles. The SMILES string of the molecule is CC(C)(C)OC(=O)C(=N)C(CO)CCCc1ccccc1. The van der Waals surface area contributed by atoms with Crippen LogP contribution in [0.15, 0.2) is 30.3 Å². The minimum atomic E-state index is -0.638. The smallest absolute Gasteiger partial charge is 0.352 e. The Morgan fingerprint density at radius 3 is 2.43 bits per heavy atom. The second-order valence-electron chi connectivity index (χ2n) is 6.17. The molecule has 116 valence electrons. The Labute approximate surface area is 126 Å². The van der Waals surface area contributed by atoms with Gasteiger partial charge >= 0.3 is 5.97 Å². The van der Waals surface area contributed by atoms with Crippen LogP contribution in [0.2, 0.25) is 0 Å². The summed E-state index contributed by atoms with van der Waals surface area (Å²) in [4.78, 5) is 11.8. The van der Waals surface area contributed by atoms with E-state index in [1.807, 2.05) is 30.3 Å². The van der Waals surface area contributed by atoms with Crippen LogP contribution in [0.5, 0.6) is 0 Å². The Morgan fingerprint density at radius 1 is 1.29 bits per heavy atom. The maximum Gasteiger partial charge on any atom is 0.352 e. The highest BCUT2D eigenvalue weighted by Gasteiger charge is 2.25. The van der Waals surface area contributed by atoms with Gasteiger partial charge in [0.15, 0.2) is 0 Å². The summed E-state index contributed by atoms with van der Waals surface area (Å²) in [7, 11) is 0. The van der Waals surface area contributed by atoms with Gasteiger partial charge in [0, 0.05) is 5.92 Å². The molecule has 0 bridgehead atoms. The van der Waals surface area contributed by atoms with Gasteiger partial charge in [-0.05, 0) is 45.6 Å². The predicted octanol–water partition coefficient (Wildman–Crippen LogP) is 2.98. The van der Waals surface area contributed by atoms with Gasteiger partial charge in [0.2, 0.25) is 0 Å². The Bertz CT molecular complexity index is 463. The second kappa shape index (κ2) is 7.93.